The van der Waals surface area contributed by atoms with Crippen LogP contribution < -0.4 is 5.32 Å². The zero-order valence-corrected chi connectivity index (χ0v) is 9.43. The van der Waals surface area contributed by atoms with Crippen LogP contribution in [0.2, 0.25) is 0 Å². The fraction of sp³-hybridized carbons (Fsp3) is 0.545. The van der Waals surface area contributed by atoms with E-state index in [1.807, 2.05) is 0 Å². The van der Waals surface area contributed by atoms with E-state index in [0.717, 1.165) is 12.5 Å². The van der Waals surface area contributed by atoms with Crippen LogP contribution in [0.25, 0.3) is 0 Å². The third-order valence-corrected chi connectivity index (χ3v) is 2.49. The van der Waals surface area contributed by atoms with Crippen molar-refractivity contribution in [2.75, 3.05) is 25.1 Å². The maximum Gasteiger partial charge on any atom is 0.358 e. The van der Waals surface area contributed by atoms with Gasteiger partial charge in [0.1, 0.15) is 0 Å². The van der Waals surface area contributed by atoms with E-state index in [2.05, 4.69) is 15.3 Å². The van der Waals surface area contributed by atoms with Crippen molar-refractivity contribution in [2.24, 2.45) is 5.92 Å². The minimum atomic E-state index is -1.08. The number of nitrogens with one attached hydrogen (secondary N) is 1. The Kier molecular flexibility index (Phi) is 3.87. The Labute approximate surface area is 99.0 Å². The van der Waals surface area contributed by atoms with Crippen molar-refractivity contribution < 1.29 is 14.6 Å². The van der Waals surface area contributed by atoms with Gasteiger partial charge in [0.05, 0.1) is 6.61 Å². The zero-order valence-electron chi connectivity index (χ0n) is 9.43. The Balaban J connectivity index is 1.75. The second kappa shape index (κ2) is 5.58. The van der Waals surface area contributed by atoms with Crippen LogP contribution in [0, 0.1) is 5.92 Å². The van der Waals surface area contributed by atoms with E-state index in [1.165, 1.54) is 25.2 Å². The number of aromatic nitrogens is 2. The second-order valence-corrected chi connectivity index (χ2v) is 4.00. The van der Waals surface area contributed by atoms with Gasteiger partial charge in [-0.15, -0.1) is 0 Å². The third kappa shape index (κ3) is 3.67. The lowest BCUT2D eigenvalue weighted by atomic mass is 10.4. The Bertz CT molecular complexity index is 393. The first-order valence-corrected chi connectivity index (χ1v) is 5.63. The maximum absolute atomic E-state index is 10.8. The Morgan fingerprint density at radius 1 is 1.47 bits per heavy atom. The monoisotopic (exact) mass is 237 g/mol. The van der Waals surface area contributed by atoms with Gasteiger partial charge in [0.15, 0.2) is 11.5 Å². The van der Waals surface area contributed by atoms with Crippen LogP contribution in [0.4, 0.5) is 5.82 Å². The van der Waals surface area contributed by atoms with Crippen molar-refractivity contribution in [1.82, 2.24) is 9.97 Å². The van der Waals surface area contributed by atoms with Crippen molar-refractivity contribution in [3.8, 4) is 0 Å². The lowest BCUT2D eigenvalue weighted by molar-refractivity contribution is 0.0691. The topological polar surface area (TPSA) is 84.3 Å². The molecule has 0 bridgehead atoms. The van der Waals surface area contributed by atoms with Crippen LogP contribution in [-0.4, -0.2) is 40.8 Å². The fourth-order valence-electron chi connectivity index (χ4n) is 1.40. The lowest BCUT2D eigenvalue weighted by Gasteiger charge is -2.07. The van der Waals surface area contributed by atoms with Gasteiger partial charge in [0.25, 0.3) is 0 Å². The number of aromatic carboxylic acids is 1. The van der Waals surface area contributed by atoms with Gasteiger partial charge in [-0.3, -0.25) is 0 Å². The van der Waals surface area contributed by atoms with E-state index < -0.39 is 5.97 Å². The summed E-state index contributed by atoms with van der Waals surface area (Å²) in [4.78, 5) is 18.5. The SMILES string of the molecule is O=C(O)c1nccnc1NCCOCC1CC1. The van der Waals surface area contributed by atoms with E-state index in [4.69, 9.17) is 9.84 Å². The predicted molar refractivity (Wildman–Crippen MR) is 61.0 cm³/mol. The molecule has 1 fully saturated rings. The molecule has 1 heterocycles. The average molecular weight is 237 g/mol. The molecule has 17 heavy (non-hydrogen) atoms. The highest BCUT2D eigenvalue weighted by Gasteiger charge is 2.20. The summed E-state index contributed by atoms with van der Waals surface area (Å²) < 4.78 is 5.42. The highest BCUT2D eigenvalue weighted by molar-refractivity contribution is 5.90. The van der Waals surface area contributed by atoms with Crippen LogP contribution in [0.1, 0.15) is 23.3 Å². The predicted octanol–water partition coefficient (Wildman–Crippen LogP) is 1.01. The fourth-order valence-corrected chi connectivity index (χ4v) is 1.40. The first-order valence-electron chi connectivity index (χ1n) is 5.63. The summed E-state index contributed by atoms with van der Waals surface area (Å²) in [5.74, 6) is -0.0596. The number of carboxylic acids is 1. The van der Waals surface area contributed by atoms with Gasteiger partial charge in [-0.1, -0.05) is 0 Å². The molecule has 0 radical (unpaired) electrons. The van der Waals surface area contributed by atoms with Crippen molar-refractivity contribution >= 4 is 11.8 Å². The normalized spacial score (nSPS) is 14.6. The van der Waals surface area contributed by atoms with Crippen molar-refractivity contribution in [3.63, 3.8) is 0 Å². The smallest absolute Gasteiger partial charge is 0.358 e. The molecule has 1 aromatic heterocycles. The molecule has 0 unspecified atom stereocenters. The van der Waals surface area contributed by atoms with Gasteiger partial charge in [0.2, 0.25) is 0 Å². The molecule has 0 atom stereocenters. The largest absolute Gasteiger partial charge is 0.476 e. The van der Waals surface area contributed by atoms with Crippen molar-refractivity contribution in [3.05, 3.63) is 18.1 Å². The number of ether oxygens (including phenoxy) is 1. The van der Waals surface area contributed by atoms with Crippen LogP contribution in [0.5, 0.6) is 0 Å². The van der Waals surface area contributed by atoms with Crippen LogP contribution in [-0.2, 0) is 4.74 Å². The Morgan fingerprint density at radius 3 is 2.94 bits per heavy atom. The molecule has 6 nitrogen and oxygen atoms in total. The van der Waals surface area contributed by atoms with Gasteiger partial charge in [0, 0.05) is 25.5 Å². The summed E-state index contributed by atoms with van der Waals surface area (Å²) in [7, 11) is 0. The number of carboxylic acid groups (broad SMARTS) is 1. The maximum atomic E-state index is 10.8. The van der Waals surface area contributed by atoms with Crippen molar-refractivity contribution in [1.29, 1.82) is 0 Å². The zero-order chi connectivity index (χ0) is 12.1. The second-order valence-electron chi connectivity index (χ2n) is 4.00. The summed E-state index contributed by atoms with van der Waals surface area (Å²) >= 11 is 0. The molecule has 6 heteroatoms. The first kappa shape index (κ1) is 11.8. The number of anilines is 1. The molecule has 92 valence electrons. The number of hydrogen-bond acceptors (Lipinski definition) is 5. The highest BCUT2D eigenvalue weighted by Crippen LogP contribution is 2.28. The van der Waals surface area contributed by atoms with Gasteiger partial charge in [-0.25, -0.2) is 14.8 Å². The van der Waals surface area contributed by atoms with Crippen molar-refractivity contribution in [2.45, 2.75) is 12.8 Å². The number of hydrogen-bond donors (Lipinski definition) is 2. The summed E-state index contributed by atoms with van der Waals surface area (Å²) in [5.41, 5.74) is -0.0605. The molecule has 0 aromatic carbocycles. The molecule has 1 aliphatic rings. The van der Waals surface area contributed by atoms with Crippen LogP contribution >= 0.6 is 0 Å². The lowest BCUT2D eigenvalue weighted by Crippen LogP contribution is -2.15. The molecular weight excluding hydrogens is 222 g/mol. The first-order chi connectivity index (χ1) is 8.27. The van der Waals surface area contributed by atoms with Crippen LogP contribution in [0.3, 0.4) is 0 Å². The van der Waals surface area contributed by atoms with E-state index in [-0.39, 0.29) is 11.5 Å². The molecule has 0 amide bonds. The van der Waals surface area contributed by atoms with E-state index >= 15 is 0 Å². The molecule has 1 aromatic rings. The molecule has 1 saturated carbocycles. The summed E-state index contributed by atoms with van der Waals surface area (Å²) in [6.45, 7) is 1.88. The molecule has 0 spiro atoms. The molecule has 0 aliphatic heterocycles. The number of rotatable bonds is 7. The summed E-state index contributed by atoms with van der Waals surface area (Å²) in [5, 5.41) is 11.8. The van der Waals surface area contributed by atoms with E-state index in [0.29, 0.717) is 13.2 Å². The quantitative estimate of drug-likeness (QED) is 0.688. The summed E-state index contributed by atoms with van der Waals surface area (Å²) in [6, 6.07) is 0. The average Bonchev–Trinajstić information content (AvgIpc) is 3.13. The van der Waals surface area contributed by atoms with Gasteiger partial charge in [-0.2, -0.15) is 0 Å². The van der Waals surface area contributed by atoms with Gasteiger partial charge >= 0.3 is 5.97 Å². The molecule has 2 rings (SSSR count). The Hall–Kier alpha value is -1.69. The number of carbonyl (C=O) groups is 1. The standard InChI is InChI=1S/C11H15N3O3/c15-11(16)9-10(13-4-3-12-9)14-5-6-17-7-8-1-2-8/h3-4,8H,1-2,5-7H2,(H,13,14)(H,15,16). The Morgan fingerprint density at radius 2 is 2.24 bits per heavy atom. The minimum absolute atomic E-state index is 0.0605. The molecular formula is C11H15N3O3. The van der Waals surface area contributed by atoms with E-state index in [9.17, 15) is 4.79 Å². The van der Waals surface area contributed by atoms with Gasteiger partial charge in [-0.05, 0) is 18.8 Å². The molecule has 0 saturated heterocycles. The minimum Gasteiger partial charge on any atom is -0.476 e. The van der Waals surface area contributed by atoms with E-state index in [1.54, 1.807) is 0 Å². The molecule has 2 N–H and O–H groups in total. The summed E-state index contributed by atoms with van der Waals surface area (Å²) in [6.07, 6.45) is 5.35. The third-order valence-electron chi connectivity index (χ3n) is 2.49. The van der Waals surface area contributed by atoms with Gasteiger partial charge < -0.3 is 15.2 Å². The molecule has 1 aliphatic carbocycles. The number of nitrogens with zero attached hydrogens (tertiary/aromatic N) is 2. The van der Waals surface area contributed by atoms with Crippen LogP contribution in [0.15, 0.2) is 12.4 Å². The highest BCUT2D eigenvalue weighted by atomic mass is 16.5.